The third-order valence-corrected chi connectivity index (χ3v) is 21.6. The molecule has 0 aliphatic rings. The first-order valence-electron chi connectivity index (χ1n) is 37.7. The van der Waals surface area contributed by atoms with Crippen LogP contribution in [0, 0.1) is 0 Å². The van der Waals surface area contributed by atoms with Gasteiger partial charge < -0.3 is 18.3 Å². The number of nitrogens with zero attached hydrogens (tertiary/aromatic N) is 10. The fourth-order valence-electron chi connectivity index (χ4n) is 16.3. The summed E-state index contributed by atoms with van der Waals surface area (Å²) in [6.45, 7) is 0. The lowest BCUT2D eigenvalue weighted by atomic mass is 10.0. The molecule has 0 saturated carbocycles. The highest BCUT2D eigenvalue weighted by molar-refractivity contribution is 6.14. The lowest BCUT2D eigenvalue weighted by Gasteiger charge is -2.12. The Hall–Kier alpha value is -15.3. The maximum Gasteiger partial charge on any atom is 0.160 e. The van der Waals surface area contributed by atoms with Crippen LogP contribution in [0.1, 0.15) is 0 Å². The van der Waals surface area contributed by atoms with Crippen molar-refractivity contribution in [3.8, 4) is 113 Å². The number of hydrogen-bond donors (Lipinski definition) is 0. The Kier molecular flexibility index (Phi) is 16.0. The molecule has 0 amide bonds. The van der Waals surface area contributed by atoms with Crippen molar-refractivity contribution >= 4 is 87.5 Å². The van der Waals surface area contributed by atoms with Gasteiger partial charge in [-0.1, -0.05) is 231 Å². The summed E-state index contributed by atoms with van der Waals surface area (Å²) in [5, 5.41) is 7.12. The molecule has 10 heteroatoms. The predicted octanol–water partition coefficient (Wildman–Crippen LogP) is 25.5. The van der Waals surface area contributed by atoms with Crippen molar-refractivity contribution in [1.29, 1.82) is 0 Å². The number of para-hydroxylation sites is 4. The zero-order chi connectivity index (χ0) is 74.0. The molecule has 0 fully saturated rings. The summed E-state index contributed by atoms with van der Waals surface area (Å²) in [7, 11) is 0. The summed E-state index contributed by atoms with van der Waals surface area (Å²) in [6.07, 6.45) is 3.77. The smallest absolute Gasteiger partial charge is 0.160 e. The topological polar surface area (TPSA) is 97.1 Å². The quantitative estimate of drug-likeness (QED) is 0.121. The second-order valence-corrected chi connectivity index (χ2v) is 28.2. The molecule has 8 aromatic heterocycles. The van der Waals surface area contributed by atoms with E-state index in [1.54, 1.807) is 0 Å². The Morgan fingerprint density at radius 2 is 0.411 bits per heavy atom. The summed E-state index contributed by atoms with van der Waals surface area (Å²) < 4.78 is 9.33. The molecule has 0 radical (unpaired) electrons. The van der Waals surface area contributed by atoms with Crippen molar-refractivity contribution in [2.45, 2.75) is 0 Å². The van der Waals surface area contributed by atoms with Gasteiger partial charge >= 0.3 is 0 Å². The monoisotopic (exact) mass is 1430 g/mol. The largest absolute Gasteiger partial charge is 0.309 e. The molecule has 0 bridgehead atoms. The third-order valence-electron chi connectivity index (χ3n) is 21.6. The Bertz CT molecular complexity index is 6760. The van der Waals surface area contributed by atoms with Crippen molar-refractivity contribution < 1.29 is 0 Å². The van der Waals surface area contributed by atoms with Crippen molar-refractivity contribution in [3.05, 3.63) is 401 Å². The molecule has 0 aliphatic carbocycles. The van der Waals surface area contributed by atoms with Crippen molar-refractivity contribution in [2.24, 2.45) is 0 Å². The minimum absolute atomic E-state index is 0.697. The zero-order valence-corrected chi connectivity index (χ0v) is 60.6. The molecule has 0 unspecified atom stereocenters. The van der Waals surface area contributed by atoms with Gasteiger partial charge in [-0.05, 0) is 180 Å². The lowest BCUT2D eigenvalue weighted by Crippen LogP contribution is -1.97. The molecule has 14 aromatic carbocycles. The van der Waals surface area contributed by atoms with Gasteiger partial charge in [0, 0.05) is 101 Å². The maximum atomic E-state index is 5.06. The van der Waals surface area contributed by atoms with Crippen LogP contribution in [0.3, 0.4) is 0 Å². The fourth-order valence-corrected chi connectivity index (χ4v) is 16.3. The average Bonchev–Trinajstić information content (AvgIpc) is 1.59. The van der Waals surface area contributed by atoms with Gasteiger partial charge in [0.05, 0.1) is 77.9 Å². The van der Waals surface area contributed by atoms with Crippen LogP contribution in [0.5, 0.6) is 0 Å². The molecule has 524 valence electrons. The van der Waals surface area contributed by atoms with Gasteiger partial charge in [0.2, 0.25) is 0 Å². The molecular formula is C102H66N10. The van der Waals surface area contributed by atoms with E-state index in [9.17, 15) is 0 Å². The molecule has 0 aliphatic heterocycles. The highest BCUT2D eigenvalue weighted by Crippen LogP contribution is 2.42. The molecule has 22 aromatic rings. The number of benzene rings is 14. The molecule has 22 rings (SSSR count). The zero-order valence-electron chi connectivity index (χ0n) is 60.6. The summed E-state index contributed by atoms with van der Waals surface area (Å²) in [5.74, 6) is 1.41. The van der Waals surface area contributed by atoms with Crippen LogP contribution in [0.2, 0.25) is 0 Å². The summed E-state index contributed by atoms with van der Waals surface area (Å²) in [6, 6.07) is 137. The lowest BCUT2D eigenvalue weighted by molar-refractivity contribution is 1.16. The highest BCUT2D eigenvalue weighted by Gasteiger charge is 2.22. The molecular weight excluding hydrogens is 1370 g/mol. The van der Waals surface area contributed by atoms with Gasteiger partial charge in [0.25, 0.3) is 0 Å². The molecule has 10 nitrogen and oxygen atoms in total. The first-order chi connectivity index (χ1) is 55.5. The van der Waals surface area contributed by atoms with Crippen LogP contribution < -0.4 is 0 Å². The third kappa shape index (κ3) is 11.5. The van der Waals surface area contributed by atoms with Crippen molar-refractivity contribution in [3.63, 3.8) is 0 Å². The van der Waals surface area contributed by atoms with Crippen LogP contribution in [0.25, 0.3) is 200 Å². The minimum atomic E-state index is 0.697. The maximum absolute atomic E-state index is 5.06. The molecule has 8 heterocycles. The second kappa shape index (κ2) is 27.5. The first-order valence-corrected chi connectivity index (χ1v) is 37.7. The van der Waals surface area contributed by atoms with Gasteiger partial charge in [0.1, 0.15) is 0 Å². The van der Waals surface area contributed by atoms with E-state index in [2.05, 4.69) is 322 Å². The van der Waals surface area contributed by atoms with E-state index in [1.165, 1.54) is 32.7 Å². The van der Waals surface area contributed by atoms with Crippen molar-refractivity contribution in [1.82, 2.24) is 48.2 Å². The van der Waals surface area contributed by atoms with E-state index in [0.717, 1.165) is 156 Å². The standard InChI is InChI=1S/2C51H33N5/c1-4-13-34(14-5-1)44-33-45(54-51(53-44)36-15-6-2-7-16-36)35-22-26-40(27-23-35)55-46-20-11-10-19-41(46)42-31-37(24-28-47(42)55)38-25-29-48-43(32-38)50-49(21-12-30-52-50)56(48)39-17-8-3-9-18-39;1-4-13-34(14-5-1)44-33-45(35-15-6-2-7-16-35)54-51(53-44)36-22-26-40(27-23-36)55-46-20-11-10-19-41(46)42-31-37(24-28-47(42)55)38-25-29-48-43(32-38)50-49(21-12-30-52-50)56(48)39-17-8-3-9-18-39/h2*1-33H. The van der Waals surface area contributed by atoms with E-state index in [0.29, 0.717) is 11.6 Å². The van der Waals surface area contributed by atoms with Gasteiger partial charge in [-0.3, -0.25) is 9.97 Å². The van der Waals surface area contributed by atoms with Crippen LogP contribution in [0.4, 0.5) is 0 Å². The fraction of sp³-hybridized carbons (Fsp3) is 0. The van der Waals surface area contributed by atoms with Crippen molar-refractivity contribution in [2.75, 3.05) is 0 Å². The highest BCUT2D eigenvalue weighted by atomic mass is 15.0. The van der Waals surface area contributed by atoms with Gasteiger partial charge in [-0.2, -0.15) is 0 Å². The SMILES string of the molecule is c1ccc(-c2cc(-c3ccc(-n4c5ccccc5c5cc(-c6ccc7c(c6)c6ncccc6n7-c6ccccc6)ccc54)cc3)nc(-c3ccccc3)n2)cc1.c1ccc(-c2cc(-c3ccccc3)nc(-c3ccc(-n4c5ccccc5c5cc(-c6ccc7c(c6)c6ncccc6n7-c6ccccc6)ccc54)cc3)n2)cc1. The van der Waals surface area contributed by atoms with E-state index in [1.807, 2.05) is 97.3 Å². The van der Waals surface area contributed by atoms with Gasteiger partial charge in [-0.15, -0.1) is 0 Å². The van der Waals surface area contributed by atoms with E-state index < -0.39 is 0 Å². The first kappa shape index (κ1) is 65.1. The summed E-state index contributed by atoms with van der Waals surface area (Å²) in [5.41, 5.74) is 29.9. The number of rotatable bonds is 12. The molecule has 0 saturated heterocycles. The molecule has 0 N–H and O–H groups in total. The Morgan fingerprint density at radius 3 is 0.786 bits per heavy atom. The van der Waals surface area contributed by atoms with Crippen LogP contribution in [-0.2, 0) is 0 Å². The number of pyridine rings is 2. The average molecular weight is 1430 g/mol. The van der Waals surface area contributed by atoms with E-state index in [4.69, 9.17) is 29.9 Å². The van der Waals surface area contributed by atoms with Crippen LogP contribution >= 0.6 is 0 Å². The Morgan fingerprint density at radius 1 is 0.161 bits per heavy atom. The number of aromatic nitrogens is 10. The number of hydrogen-bond acceptors (Lipinski definition) is 6. The van der Waals surface area contributed by atoms with Crippen LogP contribution in [0.15, 0.2) is 401 Å². The minimum Gasteiger partial charge on any atom is -0.309 e. The second-order valence-electron chi connectivity index (χ2n) is 28.2. The summed E-state index contributed by atoms with van der Waals surface area (Å²) in [4.78, 5) is 29.9. The van der Waals surface area contributed by atoms with Crippen LogP contribution in [-0.4, -0.2) is 48.2 Å². The van der Waals surface area contributed by atoms with E-state index in [-0.39, 0.29) is 0 Å². The predicted molar refractivity (Wildman–Crippen MR) is 460 cm³/mol. The normalized spacial score (nSPS) is 11.6. The van der Waals surface area contributed by atoms with Gasteiger partial charge in [0.15, 0.2) is 11.6 Å². The number of fused-ring (bicyclic) bond motifs is 12. The molecule has 0 atom stereocenters. The molecule has 0 spiro atoms. The molecule has 112 heavy (non-hydrogen) atoms. The summed E-state index contributed by atoms with van der Waals surface area (Å²) >= 11 is 0. The van der Waals surface area contributed by atoms with E-state index >= 15 is 0 Å². The Balaban J connectivity index is 0.000000141. The Labute approximate surface area is 645 Å². The van der Waals surface area contributed by atoms with Gasteiger partial charge in [-0.25, -0.2) is 19.9 Å².